The van der Waals surface area contributed by atoms with Gasteiger partial charge in [0.05, 0.1) is 21.6 Å². The summed E-state index contributed by atoms with van der Waals surface area (Å²) in [6.45, 7) is 0.363. The van der Waals surface area contributed by atoms with Crippen LogP contribution in [-0.4, -0.2) is 36.3 Å². The van der Waals surface area contributed by atoms with Crippen LogP contribution >= 0.6 is 0 Å². The van der Waals surface area contributed by atoms with Crippen molar-refractivity contribution in [2.75, 3.05) is 5.75 Å². The van der Waals surface area contributed by atoms with Crippen LogP contribution in [0.5, 0.6) is 0 Å². The number of nitrogens with zero attached hydrogens (tertiary/aromatic N) is 2. The zero-order valence-corrected chi connectivity index (χ0v) is 16.0. The molecular formula is C12H13N2NaO6S2. The second-order valence-electron chi connectivity index (χ2n) is 4.62. The smallest absolute Gasteiger partial charge is 0.748 e. The van der Waals surface area contributed by atoms with E-state index in [1.54, 1.807) is 27.9 Å². The molecule has 0 fully saturated rings. The third-order valence-corrected chi connectivity index (χ3v) is 4.56. The normalized spacial score (nSPS) is 11.9. The predicted molar refractivity (Wildman–Crippen MR) is 73.1 cm³/mol. The van der Waals surface area contributed by atoms with E-state index in [0.29, 0.717) is 12.2 Å². The van der Waals surface area contributed by atoms with Crippen molar-refractivity contribution >= 4 is 20.2 Å². The number of rotatable bonds is 6. The number of hydrogen-bond acceptors (Lipinski definition) is 6. The molecule has 1 heterocycles. The van der Waals surface area contributed by atoms with E-state index in [-0.39, 0.29) is 40.9 Å². The molecule has 8 nitrogen and oxygen atoms in total. The first-order chi connectivity index (χ1) is 10.1. The quantitative estimate of drug-likeness (QED) is 0.298. The Balaban J connectivity index is 0.00000264. The van der Waals surface area contributed by atoms with Crippen LogP contribution in [0.25, 0.3) is 5.69 Å². The molecule has 0 spiro atoms. The Bertz CT molecular complexity index is 859. The molecule has 0 saturated carbocycles. The van der Waals surface area contributed by atoms with E-state index in [1.165, 1.54) is 24.3 Å². The molecule has 1 aromatic carbocycles. The van der Waals surface area contributed by atoms with Crippen LogP contribution in [0.2, 0.25) is 0 Å². The molecule has 23 heavy (non-hydrogen) atoms. The number of aryl methyl sites for hydroxylation is 1. The molecule has 0 radical (unpaired) electrons. The Kier molecular flexibility index (Phi) is 6.95. The van der Waals surface area contributed by atoms with Gasteiger partial charge in [0.15, 0.2) is 0 Å². The van der Waals surface area contributed by atoms with Gasteiger partial charge in [0.25, 0.3) is 0 Å². The molecule has 0 N–H and O–H groups in total. The second kappa shape index (κ2) is 7.88. The van der Waals surface area contributed by atoms with Gasteiger partial charge in [-0.2, -0.15) is 0 Å². The maximum atomic E-state index is 10.8. The van der Waals surface area contributed by atoms with Crippen molar-refractivity contribution in [1.82, 2.24) is 4.57 Å². The molecule has 0 amide bonds. The van der Waals surface area contributed by atoms with Gasteiger partial charge in [-0.25, -0.2) is 26.0 Å². The molecule has 0 aliphatic heterocycles. The molecule has 0 aliphatic rings. The van der Waals surface area contributed by atoms with Gasteiger partial charge in [-0.05, 0) is 30.7 Å². The van der Waals surface area contributed by atoms with Crippen molar-refractivity contribution in [1.29, 1.82) is 0 Å². The summed E-state index contributed by atoms with van der Waals surface area (Å²) in [6, 6.07) is 5.40. The summed E-state index contributed by atoms with van der Waals surface area (Å²) in [5, 5.41) is 0. The molecular weight excluding hydrogens is 355 g/mol. The molecule has 2 rings (SSSR count). The van der Waals surface area contributed by atoms with Gasteiger partial charge in [0.2, 0.25) is 6.33 Å². The molecule has 0 bridgehead atoms. The van der Waals surface area contributed by atoms with Gasteiger partial charge in [-0.15, -0.1) is 0 Å². The van der Waals surface area contributed by atoms with Crippen LogP contribution in [0, 0.1) is 0 Å². The van der Waals surface area contributed by atoms with Crippen LogP contribution in [0.15, 0.2) is 47.9 Å². The third kappa shape index (κ3) is 6.34. The van der Waals surface area contributed by atoms with E-state index in [9.17, 15) is 25.9 Å². The molecule has 11 heteroatoms. The van der Waals surface area contributed by atoms with Gasteiger partial charge in [0, 0.05) is 5.75 Å². The first kappa shape index (κ1) is 20.3. The number of imidazole rings is 1. The van der Waals surface area contributed by atoms with Crippen molar-refractivity contribution in [2.24, 2.45) is 0 Å². The summed E-state index contributed by atoms with van der Waals surface area (Å²) in [4.78, 5) is -0.308. The van der Waals surface area contributed by atoms with Crippen molar-refractivity contribution in [3.63, 3.8) is 0 Å². The average molecular weight is 368 g/mol. The molecule has 0 unspecified atom stereocenters. The Morgan fingerprint density at radius 1 is 1.04 bits per heavy atom. The Labute approximate surface area is 156 Å². The topological polar surface area (TPSA) is 123 Å². The number of aromatic nitrogens is 2. The van der Waals surface area contributed by atoms with E-state index in [4.69, 9.17) is 0 Å². The fraction of sp³-hybridized carbons (Fsp3) is 0.250. The molecule has 1 aromatic heterocycles. The Morgan fingerprint density at radius 3 is 2.17 bits per heavy atom. The van der Waals surface area contributed by atoms with Gasteiger partial charge in [0.1, 0.15) is 28.2 Å². The fourth-order valence-corrected chi connectivity index (χ4v) is 2.84. The van der Waals surface area contributed by atoms with Crippen LogP contribution in [0.4, 0.5) is 0 Å². The average Bonchev–Trinajstić information content (AvgIpc) is 2.85. The zero-order chi connectivity index (χ0) is 16.4. The molecule has 2 aromatic rings. The first-order valence-corrected chi connectivity index (χ1v) is 9.21. The predicted octanol–water partition coefficient (Wildman–Crippen LogP) is -3.39. The van der Waals surface area contributed by atoms with Gasteiger partial charge in [-0.3, -0.25) is 0 Å². The summed E-state index contributed by atoms with van der Waals surface area (Å²) in [5.74, 6) is -0.429. The van der Waals surface area contributed by atoms with Gasteiger partial charge >= 0.3 is 29.6 Å². The summed E-state index contributed by atoms with van der Waals surface area (Å²) in [5.41, 5.74) is 0.641. The maximum Gasteiger partial charge on any atom is 1.00 e. The second-order valence-corrected chi connectivity index (χ2v) is 7.53. The van der Waals surface area contributed by atoms with Crippen molar-refractivity contribution in [2.45, 2.75) is 17.9 Å². The van der Waals surface area contributed by atoms with E-state index in [2.05, 4.69) is 0 Å². The third-order valence-electron chi connectivity index (χ3n) is 2.93. The fourth-order valence-electron chi connectivity index (χ4n) is 1.89. The summed E-state index contributed by atoms with van der Waals surface area (Å²) in [7, 11) is -8.69. The van der Waals surface area contributed by atoms with E-state index < -0.39 is 26.0 Å². The minimum Gasteiger partial charge on any atom is -0.748 e. The van der Waals surface area contributed by atoms with E-state index >= 15 is 0 Å². The van der Waals surface area contributed by atoms with Crippen molar-refractivity contribution < 1.29 is 60.1 Å². The minimum atomic E-state index is -4.47. The summed E-state index contributed by atoms with van der Waals surface area (Å²) in [6.07, 6.45) is 5.24. The van der Waals surface area contributed by atoms with Crippen molar-refractivity contribution in [3.05, 3.63) is 43.0 Å². The minimum absolute atomic E-state index is 0. The number of benzene rings is 1. The van der Waals surface area contributed by atoms with Crippen LogP contribution in [-0.2, 0) is 26.8 Å². The van der Waals surface area contributed by atoms with Crippen LogP contribution < -0.4 is 34.1 Å². The molecule has 0 aliphatic carbocycles. The summed E-state index contributed by atoms with van der Waals surface area (Å²) < 4.78 is 67.4. The Morgan fingerprint density at radius 2 is 1.65 bits per heavy atom. The zero-order valence-electron chi connectivity index (χ0n) is 12.3. The molecule has 0 atom stereocenters. The number of hydrogen-bond donors (Lipinski definition) is 0. The monoisotopic (exact) mass is 368 g/mol. The van der Waals surface area contributed by atoms with Gasteiger partial charge < -0.3 is 9.11 Å². The largest absolute Gasteiger partial charge is 1.00 e. The maximum absolute atomic E-state index is 10.8. The molecule has 0 saturated heterocycles. The Hall–Kier alpha value is -0.750. The van der Waals surface area contributed by atoms with Gasteiger partial charge in [-0.1, -0.05) is 0 Å². The van der Waals surface area contributed by atoms with Crippen LogP contribution in [0.3, 0.4) is 0 Å². The van der Waals surface area contributed by atoms with Crippen LogP contribution in [0.1, 0.15) is 6.42 Å². The summed E-state index contributed by atoms with van der Waals surface area (Å²) >= 11 is 0. The standard InChI is InChI=1S/C12H14N2O6S2.Na/c15-21(16,17)9-1-6-13-7-8-14(10-13)11-2-4-12(5-3-11)22(18,19)20;/h2-5,7-8,10H,1,6,9H2,(H-,15,16,17,18,19,20);/q;+1/p-1. The molecule has 120 valence electrons. The first-order valence-electron chi connectivity index (χ1n) is 6.22. The van der Waals surface area contributed by atoms with E-state index in [0.717, 1.165) is 0 Å². The van der Waals surface area contributed by atoms with E-state index in [1.807, 2.05) is 0 Å². The van der Waals surface area contributed by atoms with Crippen molar-refractivity contribution in [3.8, 4) is 5.69 Å². The SMILES string of the molecule is O=S(=O)([O-])CCC[n+]1ccn(-c2ccc(S(=O)(=O)[O-])cc2)c1.[Na+].